The summed E-state index contributed by atoms with van der Waals surface area (Å²) < 4.78 is 5.46. The summed E-state index contributed by atoms with van der Waals surface area (Å²) in [5, 5.41) is 2.60. The van der Waals surface area contributed by atoms with Crippen LogP contribution in [-0.4, -0.2) is 29.8 Å². The number of nitrogens with one attached hydrogen (secondary N) is 1. The van der Waals surface area contributed by atoms with E-state index in [9.17, 15) is 9.59 Å². The van der Waals surface area contributed by atoms with Crippen LogP contribution >= 0.6 is 0 Å². The van der Waals surface area contributed by atoms with Gasteiger partial charge in [-0.2, -0.15) is 0 Å². The van der Waals surface area contributed by atoms with Gasteiger partial charge in [-0.3, -0.25) is 9.59 Å². The number of aryl methyl sites for hydroxylation is 1. The molecule has 23 heavy (non-hydrogen) atoms. The van der Waals surface area contributed by atoms with Gasteiger partial charge in [-0.15, -0.1) is 0 Å². The maximum atomic E-state index is 12.6. The number of furan rings is 1. The predicted molar refractivity (Wildman–Crippen MR) is 86.2 cm³/mol. The summed E-state index contributed by atoms with van der Waals surface area (Å²) in [6.45, 7) is 2.35. The SMILES string of the molecule is CNC(=O)c1ccc(CN(C(=O)c2ccc(C)o2)C2CC2)cc1. The molecular weight excluding hydrogens is 292 g/mol. The lowest BCUT2D eigenvalue weighted by molar-refractivity contribution is 0.0695. The third-order valence-electron chi connectivity index (χ3n) is 4.00. The Balaban J connectivity index is 1.75. The standard InChI is InChI=1S/C18H20N2O3/c1-12-3-10-16(23-12)18(22)20(15-8-9-15)11-13-4-6-14(7-5-13)17(21)19-2/h3-7,10,15H,8-9,11H2,1-2H3,(H,19,21). The molecule has 120 valence electrons. The average molecular weight is 312 g/mol. The molecule has 5 heteroatoms. The predicted octanol–water partition coefficient (Wildman–Crippen LogP) is 2.75. The van der Waals surface area contributed by atoms with Gasteiger partial charge in [0.15, 0.2) is 5.76 Å². The van der Waals surface area contributed by atoms with Crippen molar-refractivity contribution in [2.24, 2.45) is 0 Å². The van der Waals surface area contributed by atoms with Crippen molar-refractivity contribution < 1.29 is 14.0 Å². The number of rotatable bonds is 5. The smallest absolute Gasteiger partial charge is 0.290 e. The molecule has 1 N–H and O–H groups in total. The van der Waals surface area contributed by atoms with Gasteiger partial charge in [0.1, 0.15) is 5.76 Å². The molecule has 1 aromatic heterocycles. The number of hydrogen-bond acceptors (Lipinski definition) is 3. The third kappa shape index (κ3) is 3.44. The molecule has 1 heterocycles. The molecule has 1 aliphatic carbocycles. The normalized spacial score (nSPS) is 13.7. The summed E-state index contributed by atoms with van der Waals surface area (Å²) in [5.41, 5.74) is 1.61. The van der Waals surface area contributed by atoms with Crippen molar-refractivity contribution in [3.8, 4) is 0 Å². The lowest BCUT2D eigenvalue weighted by Gasteiger charge is -2.21. The van der Waals surface area contributed by atoms with E-state index in [0.29, 0.717) is 17.9 Å². The zero-order chi connectivity index (χ0) is 16.4. The Bertz CT molecular complexity index is 714. The molecule has 5 nitrogen and oxygen atoms in total. The van der Waals surface area contributed by atoms with Crippen molar-refractivity contribution in [3.05, 3.63) is 59.0 Å². The molecule has 1 saturated carbocycles. The second-order valence-corrected chi connectivity index (χ2v) is 5.85. The molecule has 2 aromatic rings. The second-order valence-electron chi connectivity index (χ2n) is 5.85. The summed E-state index contributed by atoms with van der Waals surface area (Å²) in [7, 11) is 1.61. The monoisotopic (exact) mass is 312 g/mol. The first-order valence-electron chi connectivity index (χ1n) is 7.77. The van der Waals surface area contributed by atoms with E-state index < -0.39 is 0 Å². The van der Waals surface area contributed by atoms with E-state index in [1.165, 1.54) is 0 Å². The molecule has 0 saturated heterocycles. The first-order valence-corrected chi connectivity index (χ1v) is 7.77. The van der Waals surface area contributed by atoms with Crippen LogP contribution in [0.3, 0.4) is 0 Å². The zero-order valence-corrected chi connectivity index (χ0v) is 13.3. The van der Waals surface area contributed by atoms with Crippen LogP contribution in [0, 0.1) is 6.92 Å². The number of carbonyl (C=O) groups excluding carboxylic acids is 2. The molecule has 1 aliphatic rings. The Kier molecular flexibility index (Phi) is 4.19. The molecule has 0 spiro atoms. The molecule has 0 unspecified atom stereocenters. The fourth-order valence-corrected chi connectivity index (χ4v) is 2.55. The van der Waals surface area contributed by atoms with Gasteiger partial charge >= 0.3 is 0 Å². The van der Waals surface area contributed by atoms with Crippen LogP contribution in [0.5, 0.6) is 0 Å². The highest BCUT2D eigenvalue weighted by Gasteiger charge is 2.34. The summed E-state index contributed by atoms with van der Waals surface area (Å²) in [4.78, 5) is 26.1. The minimum atomic E-state index is -0.113. The third-order valence-corrected chi connectivity index (χ3v) is 4.00. The Labute approximate surface area is 135 Å². The van der Waals surface area contributed by atoms with Crippen LogP contribution in [-0.2, 0) is 6.54 Å². The quantitative estimate of drug-likeness (QED) is 0.923. The van der Waals surface area contributed by atoms with Gasteiger partial charge in [0.05, 0.1) is 0 Å². The minimum absolute atomic E-state index is 0.0732. The maximum Gasteiger partial charge on any atom is 0.290 e. The molecule has 0 atom stereocenters. The number of carbonyl (C=O) groups is 2. The van der Waals surface area contributed by atoms with E-state index in [1.807, 2.05) is 24.0 Å². The molecule has 1 aromatic carbocycles. The maximum absolute atomic E-state index is 12.6. The van der Waals surface area contributed by atoms with E-state index in [4.69, 9.17) is 4.42 Å². The number of nitrogens with zero attached hydrogens (tertiary/aromatic N) is 1. The lowest BCUT2D eigenvalue weighted by atomic mass is 10.1. The average Bonchev–Trinajstić information content (AvgIpc) is 3.32. The fraction of sp³-hybridized carbons (Fsp3) is 0.333. The van der Waals surface area contributed by atoms with Crippen molar-refractivity contribution in [1.29, 1.82) is 0 Å². The van der Waals surface area contributed by atoms with Crippen molar-refractivity contribution in [1.82, 2.24) is 10.2 Å². The van der Waals surface area contributed by atoms with Crippen LogP contribution in [0.2, 0.25) is 0 Å². The van der Waals surface area contributed by atoms with Crippen molar-refractivity contribution in [3.63, 3.8) is 0 Å². The fourth-order valence-electron chi connectivity index (χ4n) is 2.55. The summed E-state index contributed by atoms with van der Waals surface area (Å²) in [6.07, 6.45) is 2.06. The molecular formula is C18H20N2O3. The van der Waals surface area contributed by atoms with E-state index in [-0.39, 0.29) is 17.9 Å². The van der Waals surface area contributed by atoms with E-state index in [1.54, 1.807) is 31.3 Å². The Morgan fingerprint density at radius 1 is 1.17 bits per heavy atom. The van der Waals surface area contributed by atoms with Crippen LogP contribution < -0.4 is 5.32 Å². The van der Waals surface area contributed by atoms with Crippen LogP contribution in [0.25, 0.3) is 0 Å². The first kappa shape index (κ1) is 15.3. The van der Waals surface area contributed by atoms with Gasteiger partial charge in [-0.1, -0.05) is 12.1 Å². The molecule has 0 bridgehead atoms. The molecule has 3 rings (SSSR count). The molecule has 0 radical (unpaired) electrons. The van der Waals surface area contributed by atoms with E-state index in [2.05, 4.69) is 5.32 Å². The van der Waals surface area contributed by atoms with Crippen LogP contribution in [0.4, 0.5) is 0 Å². The number of amides is 2. The minimum Gasteiger partial charge on any atom is -0.456 e. The summed E-state index contributed by atoms with van der Waals surface area (Å²) >= 11 is 0. The van der Waals surface area contributed by atoms with Gasteiger partial charge in [0, 0.05) is 25.2 Å². The Hall–Kier alpha value is -2.56. The van der Waals surface area contributed by atoms with Gasteiger partial charge in [-0.25, -0.2) is 0 Å². The lowest BCUT2D eigenvalue weighted by Crippen LogP contribution is -2.32. The van der Waals surface area contributed by atoms with Gasteiger partial charge in [0.2, 0.25) is 0 Å². The largest absolute Gasteiger partial charge is 0.456 e. The summed E-state index contributed by atoms with van der Waals surface area (Å²) in [6, 6.07) is 11.1. The molecule has 2 amide bonds. The van der Waals surface area contributed by atoms with Gasteiger partial charge in [0.25, 0.3) is 11.8 Å². The van der Waals surface area contributed by atoms with Crippen LogP contribution in [0.15, 0.2) is 40.8 Å². The van der Waals surface area contributed by atoms with Crippen molar-refractivity contribution in [2.45, 2.75) is 32.4 Å². The first-order chi connectivity index (χ1) is 11.1. The Morgan fingerprint density at radius 2 is 1.87 bits per heavy atom. The van der Waals surface area contributed by atoms with Gasteiger partial charge < -0.3 is 14.6 Å². The number of benzene rings is 1. The molecule has 0 aliphatic heterocycles. The van der Waals surface area contributed by atoms with Gasteiger partial charge in [-0.05, 0) is 49.6 Å². The molecule has 1 fully saturated rings. The van der Waals surface area contributed by atoms with E-state index in [0.717, 1.165) is 24.2 Å². The Morgan fingerprint density at radius 3 is 2.39 bits per heavy atom. The summed E-state index contributed by atoms with van der Waals surface area (Å²) in [5.74, 6) is 0.934. The highest BCUT2D eigenvalue weighted by molar-refractivity contribution is 5.94. The second kappa shape index (κ2) is 6.28. The highest BCUT2D eigenvalue weighted by atomic mass is 16.3. The van der Waals surface area contributed by atoms with Crippen LogP contribution in [0.1, 0.15) is 45.1 Å². The number of hydrogen-bond donors (Lipinski definition) is 1. The zero-order valence-electron chi connectivity index (χ0n) is 13.3. The highest BCUT2D eigenvalue weighted by Crippen LogP contribution is 2.30. The van der Waals surface area contributed by atoms with Crippen molar-refractivity contribution in [2.75, 3.05) is 7.05 Å². The topological polar surface area (TPSA) is 62.6 Å². The van der Waals surface area contributed by atoms with E-state index >= 15 is 0 Å². The van der Waals surface area contributed by atoms with Crippen molar-refractivity contribution >= 4 is 11.8 Å².